The van der Waals surface area contributed by atoms with E-state index in [9.17, 15) is 9.59 Å². The number of nitrogens with zero attached hydrogens (tertiary/aromatic N) is 2. The zero-order valence-corrected chi connectivity index (χ0v) is 18.5. The number of amides is 2. The number of carbonyl (C=O) groups excluding carboxylic acids is 2. The Hall–Kier alpha value is -2.69. The van der Waals surface area contributed by atoms with Crippen LogP contribution in [0.15, 0.2) is 48.8 Å². The molecule has 2 fully saturated rings. The number of piperidine rings is 1. The van der Waals surface area contributed by atoms with Crippen LogP contribution in [0.25, 0.3) is 11.1 Å². The van der Waals surface area contributed by atoms with Crippen molar-refractivity contribution in [3.63, 3.8) is 0 Å². The minimum absolute atomic E-state index is 0.0341. The maximum atomic E-state index is 13.2. The number of hydrogen-bond acceptors (Lipinski definition) is 3. The number of hydrogen-bond donors (Lipinski definition) is 1. The monoisotopic (exact) mass is 419 g/mol. The van der Waals surface area contributed by atoms with Crippen molar-refractivity contribution in [2.24, 2.45) is 11.3 Å². The van der Waals surface area contributed by atoms with Crippen molar-refractivity contribution >= 4 is 11.8 Å². The van der Waals surface area contributed by atoms with Crippen LogP contribution in [-0.4, -0.2) is 41.8 Å². The van der Waals surface area contributed by atoms with E-state index in [4.69, 9.17) is 0 Å². The van der Waals surface area contributed by atoms with Gasteiger partial charge in [-0.25, -0.2) is 0 Å². The van der Waals surface area contributed by atoms with E-state index in [0.29, 0.717) is 25.3 Å². The maximum absolute atomic E-state index is 13.2. The Morgan fingerprint density at radius 1 is 1.13 bits per heavy atom. The fourth-order valence-corrected chi connectivity index (χ4v) is 5.45. The first-order chi connectivity index (χ1) is 15.1. The lowest BCUT2D eigenvalue weighted by Gasteiger charge is -2.42. The van der Waals surface area contributed by atoms with Crippen molar-refractivity contribution in [3.05, 3.63) is 54.4 Å². The molecule has 164 valence electrons. The average molecular weight is 420 g/mol. The minimum Gasteiger partial charge on any atom is -0.359 e. The zero-order chi connectivity index (χ0) is 21.7. The highest BCUT2D eigenvalue weighted by molar-refractivity contribution is 5.85. The molecule has 1 atom stereocenters. The van der Waals surface area contributed by atoms with Crippen LogP contribution in [0.3, 0.4) is 0 Å². The van der Waals surface area contributed by atoms with E-state index in [-0.39, 0.29) is 11.8 Å². The fourth-order valence-electron chi connectivity index (χ4n) is 5.45. The van der Waals surface area contributed by atoms with Crippen molar-refractivity contribution in [3.8, 4) is 11.1 Å². The zero-order valence-electron chi connectivity index (χ0n) is 18.5. The maximum Gasteiger partial charge on any atom is 0.228 e. The highest BCUT2D eigenvalue weighted by atomic mass is 16.2. The molecule has 1 aliphatic heterocycles. The van der Waals surface area contributed by atoms with Crippen LogP contribution in [0.2, 0.25) is 0 Å². The molecule has 5 heteroatoms. The van der Waals surface area contributed by atoms with Crippen LogP contribution >= 0.6 is 0 Å². The predicted molar refractivity (Wildman–Crippen MR) is 122 cm³/mol. The molecule has 1 N–H and O–H groups in total. The topological polar surface area (TPSA) is 62.3 Å². The van der Waals surface area contributed by atoms with Crippen LogP contribution in [0.4, 0.5) is 0 Å². The summed E-state index contributed by atoms with van der Waals surface area (Å²) in [7, 11) is 1.70. The summed E-state index contributed by atoms with van der Waals surface area (Å²) < 4.78 is 0. The summed E-state index contributed by atoms with van der Waals surface area (Å²) in [6.07, 6.45) is 11.4. The molecule has 1 saturated heterocycles. The summed E-state index contributed by atoms with van der Waals surface area (Å²) in [4.78, 5) is 32.5. The molecule has 1 aromatic heterocycles. The van der Waals surface area contributed by atoms with Crippen molar-refractivity contribution in [2.75, 3.05) is 20.1 Å². The third-order valence-corrected chi connectivity index (χ3v) is 7.10. The second-order valence-corrected chi connectivity index (χ2v) is 9.21. The van der Waals surface area contributed by atoms with Gasteiger partial charge < -0.3 is 10.2 Å². The van der Waals surface area contributed by atoms with Gasteiger partial charge in [0.15, 0.2) is 0 Å². The summed E-state index contributed by atoms with van der Waals surface area (Å²) >= 11 is 0. The van der Waals surface area contributed by atoms with Crippen LogP contribution in [-0.2, 0) is 16.0 Å². The van der Waals surface area contributed by atoms with Crippen molar-refractivity contribution in [1.82, 2.24) is 15.2 Å². The third-order valence-electron chi connectivity index (χ3n) is 7.10. The van der Waals surface area contributed by atoms with Gasteiger partial charge in [0.25, 0.3) is 0 Å². The van der Waals surface area contributed by atoms with E-state index in [1.165, 1.54) is 25.7 Å². The van der Waals surface area contributed by atoms with Gasteiger partial charge in [-0.05, 0) is 55.2 Å². The SMILES string of the molecule is CNC(=O)C1(Cc2ccccc2-c2cccnc2)CCCN(C(=O)CC2CCCC2)C1. The number of carbonyl (C=O) groups is 2. The van der Waals surface area contributed by atoms with Gasteiger partial charge >= 0.3 is 0 Å². The van der Waals surface area contributed by atoms with Crippen LogP contribution < -0.4 is 5.32 Å². The number of aromatic nitrogens is 1. The van der Waals surface area contributed by atoms with Crippen LogP contribution in [0.1, 0.15) is 50.5 Å². The first kappa shape index (κ1) is 21.5. The van der Waals surface area contributed by atoms with Gasteiger partial charge in [-0.15, -0.1) is 0 Å². The van der Waals surface area contributed by atoms with E-state index in [2.05, 4.69) is 28.5 Å². The van der Waals surface area contributed by atoms with Gasteiger partial charge in [-0.2, -0.15) is 0 Å². The van der Waals surface area contributed by atoms with E-state index >= 15 is 0 Å². The van der Waals surface area contributed by atoms with E-state index < -0.39 is 5.41 Å². The average Bonchev–Trinajstić information content (AvgIpc) is 3.32. The van der Waals surface area contributed by atoms with Crippen LogP contribution in [0, 0.1) is 11.3 Å². The number of nitrogens with one attached hydrogen (secondary N) is 1. The molecule has 1 aliphatic carbocycles. The van der Waals surface area contributed by atoms with Gasteiger partial charge in [0.1, 0.15) is 0 Å². The van der Waals surface area contributed by atoms with Crippen molar-refractivity contribution in [2.45, 2.75) is 51.4 Å². The van der Waals surface area contributed by atoms with Gasteiger partial charge in [-0.1, -0.05) is 43.2 Å². The molecule has 2 aliphatic rings. The van der Waals surface area contributed by atoms with Gasteiger partial charge in [0, 0.05) is 44.5 Å². The second-order valence-electron chi connectivity index (χ2n) is 9.21. The van der Waals surface area contributed by atoms with E-state index in [1.807, 2.05) is 29.3 Å². The largest absolute Gasteiger partial charge is 0.359 e. The Bertz CT molecular complexity index is 908. The molecule has 0 radical (unpaired) electrons. The standard InChI is InChI=1S/C26H33N3O2/c1-27-25(31)26(13-7-15-29(19-26)24(30)16-20-8-2-3-9-20)17-21-10-4-5-12-23(21)22-11-6-14-28-18-22/h4-6,10-12,14,18,20H,2-3,7-9,13,15-17,19H2,1H3,(H,27,31). The number of likely N-dealkylation sites (tertiary alicyclic amines) is 1. The molecule has 4 rings (SSSR count). The van der Waals surface area contributed by atoms with E-state index in [0.717, 1.165) is 36.1 Å². The van der Waals surface area contributed by atoms with Gasteiger partial charge in [0.2, 0.25) is 11.8 Å². The van der Waals surface area contributed by atoms with E-state index in [1.54, 1.807) is 13.2 Å². The summed E-state index contributed by atoms with van der Waals surface area (Å²) in [5, 5.41) is 2.90. The second kappa shape index (κ2) is 9.63. The van der Waals surface area contributed by atoms with Gasteiger partial charge in [0.05, 0.1) is 5.41 Å². The summed E-state index contributed by atoms with van der Waals surface area (Å²) in [5.41, 5.74) is 2.68. The first-order valence-electron chi connectivity index (χ1n) is 11.6. The molecule has 1 saturated carbocycles. The molecular formula is C26H33N3O2. The Labute approximate surface area is 185 Å². The Kier molecular flexibility index (Phi) is 6.69. The quantitative estimate of drug-likeness (QED) is 0.762. The van der Waals surface area contributed by atoms with Gasteiger partial charge in [-0.3, -0.25) is 14.6 Å². The predicted octanol–water partition coefficient (Wildman–Crippen LogP) is 4.23. The first-order valence-corrected chi connectivity index (χ1v) is 11.6. The highest BCUT2D eigenvalue weighted by Crippen LogP contribution is 2.38. The lowest BCUT2D eigenvalue weighted by molar-refractivity contribution is -0.141. The number of pyridine rings is 1. The number of benzene rings is 1. The number of rotatable bonds is 6. The normalized spacial score (nSPS) is 21.8. The molecule has 5 nitrogen and oxygen atoms in total. The highest BCUT2D eigenvalue weighted by Gasteiger charge is 2.43. The summed E-state index contributed by atoms with van der Waals surface area (Å²) in [5.74, 6) is 0.780. The molecule has 1 aromatic carbocycles. The third kappa shape index (κ3) is 4.81. The Morgan fingerprint density at radius 3 is 2.68 bits per heavy atom. The molecule has 0 spiro atoms. The minimum atomic E-state index is -0.601. The molecule has 0 bridgehead atoms. The molecule has 2 amide bonds. The summed E-state index contributed by atoms with van der Waals surface area (Å²) in [6.45, 7) is 1.26. The molecular weight excluding hydrogens is 386 g/mol. The lowest BCUT2D eigenvalue weighted by atomic mass is 9.73. The molecule has 31 heavy (non-hydrogen) atoms. The van der Waals surface area contributed by atoms with Crippen molar-refractivity contribution in [1.29, 1.82) is 0 Å². The molecule has 2 aromatic rings. The summed E-state index contributed by atoms with van der Waals surface area (Å²) in [6, 6.07) is 12.2. The smallest absolute Gasteiger partial charge is 0.228 e. The Balaban J connectivity index is 1.59. The van der Waals surface area contributed by atoms with Crippen molar-refractivity contribution < 1.29 is 9.59 Å². The lowest BCUT2D eigenvalue weighted by Crippen LogP contribution is -2.54. The fraction of sp³-hybridized carbons (Fsp3) is 0.500. The van der Waals surface area contributed by atoms with Crippen LogP contribution in [0.5, 0.6) is 0 Å². The molecule has 1 unspecified atom stereocenters. The Morgan fingerprint density at radius 2 is 1.94 bits per heavy atom. The molecule has 2 heterocycles.